The average Bonchev–Trinajstić information content (AvgIpc) is 3.18. The number of halogens is 1. The second-order valence-electron chi connectivity index (χ2n) is 8.06. The number of methoxy groups -OCH3 is 1. The summed E-state index contributed by atoms with van der Waals surface area (Å²) in [5.41, 5.74) is 3.09. The van der Waals surface area contributed by atoms with E-state index in [0.29, 0.717) is 30.1 Å². The number of pyridine rings is 1. The first-order chi connectivity index (χ1) is 14.5. The van der Waals surface area contributed by atoms with E-state index < -0.39 is 11.6 Å². The molecule has 0 unspecified atom stereocenters. The van der Waals surface area contributed by atoms with Gasteiger partial charge < -0.3 is 24.5 Å². The highest BCUT2D eigenvalue weighted by atomic mass is 79.9. The Balaban J connectivity index is 1.36. The number of β-amino-alcohol motifs (C(OH)–C–C–N with tert-alkyl or cyclic N) is 1. The van der Waals surface area contributed by atoms with Crippen molar-refractivity contribution in [1.82, 2.24) is 19.6 Å². The summed E-state index contributed by atoms with van der Waals surface area (Å²) >= 11 is 3.44. The van der Waals surface area contributed by atoms with Gasteiger partial charge in [-0.25, -0.2) is 4.98 Å². The number of benzene rings is 1. The van der Waals surface area contributed by atoms with Crippen molar-refractivity contribution in [2.75, 3.05) is 20.2 Å². The van der Waals surface area contributed by atoms with E-state index in [1.54, 1.807) is 22.6 Å². The van der Waals surface area contributed by atoms with Crippen molar-refractivity contribution in [3.63, 3.8) is 0 Å². The number of imidazole rings is 1. The van der Waals surface area contributed by atoms with Gasteiger partial charge in [-0.3, -0.25) is 4.79 Å². The number of nitrogens with zero attached hydrogens (tertiary/aromatic N) is 3. The first kappa shape index (κ1) is 19.5. The Hall–Kier alpha value is -2.42. The number of likely N-dealkylation sites (tertiary alicyclic amines) is 1. The molecule has 2 aromatic heterocycles. The number of carbonyl (C=O) groups is 1. The summed E-state index contributed by atoms with van der Waals surface area (Å²) in [7, 11) is 1.58. The van der Waals surface area contributed by atoms with E-state index in [-0.39, 0.29) is 12.5 Å². The van der Waals surface area contributed by atoms with Gasteiger partial charge in [-0.2, -0.15) is 0 Å². The minimum Gasteiger partial charge on any atom is -0.493 e. The highest BCUT2D eigenvalue weighted by molar-refractivity contribution is 9.10. The second kappa shape index (κ2) is 7.37. The summed E-state index contributed by atoms with van der Waals surface area (Å²) < 4.78 is 7.99. The lowest BCUT2D eigenvalue weighted by Gasteiger charge is -2.48. The van der Waals surface area contributed by atoms with E-state index in [1.165, 1.54) is 11.1 Å². The molecule has 0 bridgehead atoms. The van der Waals surface area contributed by atoms with Crippen molar-refractivity contribution >= 4 is 27.5 Å². The first-order valence-corrected chi connectivity index (χ1v) is 10.8. The van der Waals surface area contributed by atoms with E-state index in [4.69, 9.17) is 4.74 Å². The van der Waals surface area contributed by atoms with Gasteiger partial charge in [-0.1, -0.05) is 24.3 Å². The van der Waals surface area contributed by atoms with Gasteiger partial charge in [0.25, 0.3) is 5.91 Å². The lowest BCUT2D eigenvalue weighted by atomic mass is 9.76. The third-order valence-electron chi connectivity index (χ3n) is 6.32. The summed E-state index contributed by atoms with van der Waals surface area (Å²) in [5.74, 6) is 0.410. The predicted molar refractivity (Wildman–Crippen MR) is 116 cm³/mol. The molecule has 1 saturated heterocycles. The Labute approximate surface area is 182 Å². The fraction of sp³-hybridized carbons (Fsp3) is 0.364. The summed E-state index contributed by atoms with van der Waals surface area (Å²) in [6.07, 6.45) is 4.36. The van der Waals surface area contributed by atoms with Gasteiger partial charge >= 0.3 is 0 Å². The van der Waals surface area contributed by atoms with Gasteiger partial charge in [0.2, 0.25) is 0 Å². The van der Waals surface area contributed by atoms with Crippen LogP contribution in [0.5, 0.6) is 5.75 Å². The largest absolute Gasteiger partial charge is 0.493 e. The molecule has 156 valence electrons. The van der Waals surface area contributed by atoms with E-state index in [2.05, 4.69) is 38.4 Å². The minimum absolute atomic E-state index is 0.179. The lowest BCUT2D eigenvalue weighted by molar-refractivity contribution is -0.0140. The lowest BCUT2D eigenvalue weighted by Crippen LogP contribution is -2.65. The third kappa shape index (κ3) is 3.19. The van der Waals surface area contributed by atoms with E-state index >= 15 is 0 Å². The van der Waals surface area contributed by atoms with Crippen molar-refractivity contribution in [3.8, 4) is 5.75 Å². The smallest absolute Gasteiger partial charge is 0.274 e. The molecule has 1 fully saturated rings. The van der Waals surface area contributed by atoms with E-state index in [0.717, 1.165) is 17.4 Å². The molecule has 1 aromatic carbocycles. The number of aromatic nitrogens is 2. The van der Waals surface area contributed by atoms with Gasteiger partial charge in [0.1, 0.15) is 5.69 Å². The molecule has 2 N–H and O–H groups in total. The average molecular weight is 471 g/mol. The Bertz CT molecular complexity index is 1130. The number of hydrogen-bond donors (Lipinski definition) is 2. The molecule has 30 heavy (non-hydrogen) atoms. The molecule has 1 amide bonds. The zero-order chi connectivity index (χ0) is 20.9. The van der Waals surface area contributed by atoms with Crippen molar-refractivity contribution in [1.29, 1.82) is 0 Å². The Morgan fingerprint density at radius 1 is 1.33 bits per heavy atom. The molecular weight excluding hydrogens is 448 g/mol. The molecule has 3 aromatic rings. The third-order valence-corrected chi connectivity index (χ3v) is 6.76. The van der Waals surface area contributed by atoms with E-state index in [9.17, 15) is 9.90 Å². The monoisotopic (exact) mass is 470 g/mol. The number of piperidine rings is 1. The fourth-order valence-corrected chi connectivity index (χ4v) is 5.03. The van der Waals surface area contributed by atoms with Gasteiger partial charge in [-0.15, -0.1) is 0 Å². The summed E-state index contributed by atoms with van der Waals surface area (Å²) in [6.45, 7) is 1.59. The molecule has 2 aliphatic heterocycles. The zero-order valence-electron chi connectivity index (χ0n) is 16.6. The summed E-state index contributed by atoms with van der Waals surface area (Å²) in [5, 5.41) is 14.6. The van der Waals surface area contributed by atoms with Crippen LogP contribution >= 0.6 is 15.9 Å². The molecule has 7 nitrogen and oxygen atoms in total. The van der Waals surface area contributed by atoms with Crippen molar-refractivity contribution in [2.45, 2.75) is 31.0 Å². The topological polar surface area (TPSA) is 79.1 Å². The van der Waals surface area contributed by atoms with Crippen LogP contribution in [0.3, 0.4) is 0 Å². The Morgan fingerprint density at radius 3 is 2.90 bits per heavy atom. The van der Waals surface area contributed by atoms with Crippen LogP contribution in [0.2, 0.25) is 0 Å². The SMILES string of the molecule is COc1cc(Br)cn2cc(C(=O)N3CC[C@]4(Cc5ccccc5CN4)[C@H](O)C3)nc12. The van der Waals surface area contributed by atoms with Crippen LogP contribution in [0.4, 0.5) is 0 Å². The predicted octanol–water partition coefficient (Wildman–Crippen LogP) is 2.40. The first-order valence-electron chi connectivity index (χ1n) is 10.0. The second-order valence-corrected chi connectivity index (χ2v) is 8.97. The quantitative estimate of drug-likeness (QED) is 0.601. The zero-order valence-corrected chi connectivity index (χ0v) is 18.2. The van der Waals surface area contributed by atoms with Gasteiger partial charge in [0.05, 0.1) is 18.8 Å². The highest BCUT2D eigenvalue weighted by Crippen LogP contribution is 2.33. The maximum Gasteiger partial charge on any atom is 0.274 e. The van der Waals surface area contributed by atoms with Crippen LogP contribution in [0.15, 0.2) is 47.2 Å². The van der Waals surface area contributed by atoms with Gasteiger partial charge in [-0.05, 0) is 46.0 Å². The fourth-order valence-electron chi connectivity index (χ4n) is 4.60. The molecule has 2 atom stereocenters. The maximum absolute atomic E-state index is 13.1. The number of aliphatic hydroxyl groups excluding tert-OH is 1. The van der Waals surface area contributed by atoms with Crippen molar-refractivity contribution in [3.05, 3.63) is 64.0 Å². The maximum atomic E-state index is 13.1. The molecule has 0 radical (unpaired) electrons. The number of fused-ring (bicyclic) bond motifs is 2. The minimum atomic E-state index is -0.649. The number of nitrogens with one attached hydrogen (secondary N) is 1. The van der Waals surface area contributed by atoms with Gasteiger partial charge in [0.15, 0.2) is 11.4 Å². The number of rotatable bonds is 2. The Kier molecular flexibility index (Phi) is 4.80. The molecule has 0 aliphatic carbocycles. The van der Waals surface area contributed by atoms with Crippen LogP contribution in [0.1, 0.15) is 28.0 Å². The number of hydrogen-bond acceptors (Lipinski definition) is 5. The highest BCUT2D eigenvalue weighted by Gasteiger charge is 2.45. The van der Waals surface area contributed by atoms with E-state index in [1.807, 2.05) is 24.4 Å². The van der Waals surface area contributed by atoms with Gasteiger partial charge in [0, 0.05) is 36.5 Å². The summed E-state index contributed by atoms with van der Waals surface area (Å²) in [4.78, 5) is 19.3. The normalized spacial score (nSPS) is 23.6. The molecule has 2 aliphatic rings. The number of carbonyl (C=O) groups excluding carboxylic acids is 1. The van der Waals surface area contributed by atoms with Crippen LogP contribution in [0.25, 0.3) is 5.65 Å². The number of aliphatic hydroxyl groups is 1. The standard InChI is InChI=1S/C22H23BrN4O3/c1-30-18-8-16(23)11-27-12-17(25-20(18)27)21(29)26-7-6-22(19(28)13-26)9-14-4-2-3-5-15(14)10-24-22/h2-5,8,11-12,19,24,28H,6-7,9-10,13H2,1H3/t19-,22+/m1/s1. The molecule has 4 heterocycles. The van der Waals surface area contributed by atoms with Crippen molar-refractivity contribution in [2.24, 2.45) is 0 Å². The van der Waals surface area contributed by atoms with Crippen LogP contribution < -0.4 is 10.1 Å². The van der Waals surface area contributed by atoms with Crippen LogP contribution in [-0.2, 0) is 13.0 Å². The molecule has 1 spiro atoms. The Morgan fingerprint density at radius 2 is 2.13 bits per heavy atom. The number of ether oxygens (including phenoxy) is 1. The van der Waals surface area contributed by atoms with Crippen molar-refractivity contribution < 1.29 is 14.6 Å². The van der Waals surface area contributed by atoms with Crippen LogP contribution in [0, 0.1) is 0 Å². The number of amides is 1. The van der Waals surface area contributed by atoms with Crippen LogP contribution in [-0.4, -0.2) is 57.1 Å². The molecule has 5 rings (SSSR count). The summed E-state index contributed by atoms with van der Waals surface area (Å²) in [6, 6.07) is 10.1. The molecule has 0 saturated carbocycles. The molecule has 8 heteroatoms. The molecular formula is C22H23BrN4O3.